The van der Waals surface area contributed by atoms with Crippen molar-refractivity contribution in [3.8, 4) is 5.75 Å². The predicted octanol–water partition coefficient (Wildman–Crippen LogP) is 2.18. The zero-order chi connectivity index (χ0) is 13.3. The van der Waals surface area contributed by atoms with Crippen LogP contribution in [0.5, 0.6) is 5.75 Å². The largest absolute Gasteiger partial charge is 0.508 e. The minimum Gasteiger partial charge on any atom is -0.508 e. The standard InChI is InChI=1S/C12H13Cl2NO3/c1-18-12(17)8-5-15-4-7(8)6-2-9(13)10(14)3-11(6)16/h2-3,7-8,15-16H,4-5H2,1H3. The molecule has 1 saturated heterocycles. The highest BCUT2D eigenvalue weighted by atomic mass is 35.5. The topological polar surface area (TPSA) is 58.6 Å². The first-order chi connectivity index (χ1) is 8.54. The first-order valence-electron chi connectivity index (χ1n) is 5.51. The van der Waals surface area contributed by atoms with Crippen LogP contribution >= 0.6 is 23.2 Å². The molecule has 2 N–H and O–H groups in total. The highest BCUT2D eigenvalue weighted by Gasteiger charge is 2.36. The Bertz CT molecular complexity index is 479. The van der Waals surface area contributed by atoms with Crippen molar-refractivity contribution in [2.24, 2.45) is 5.92 Å². The minimum absolute atomic E-state index is 0.0482. The molecule has 98 valence electrons. The number of halogens is 2. The number of ether oxygens (including phenoxy) is 1. The molecular formula is C12H13Cl2NO3. The first kappa shape index (κ1) is 13.5. The summed E-state index contributed by atoms with van der Waals surface area (Å²) >= 11 is 11.8. The quantitative estimate of drug-likeness (QED) is 0.820. The molecule has 0 radical (unpaired) electrons. The number of phenolic OH excluding ortho intramolecular Hbond substituents is 1. The van der Waals surface area contributed by atoms with Crippen molar-refractivity contribution in [2.75, 3.05) is 20.2 Å². The van der Waals surface area contributed by atoms with Gasteiger partial charge in [-0.3, -0.25) is 4.79 Å². The van der Waals surface area contributed by atoms with Gasteiger partial charge in [0, 0.05) is 30.6 Å². The summed E-state index contributed by atoms with van der Waals surface area (Å²) in [6.07, 6.45) is 0. The molecule has 0 aliphatic carbocycles. The van der Waals surface area contributed by atoms with Crippen molar-refractivity contribution in [1.82, 2.24) is 5.32 Å². The monoisotopic (exact) mass is 289 g/mol. The number of hydrogen-bond acceptors (Lipinski definition) is 4. The van der Waals surface area contributed by atoms with Crippen LogP contribution < -0.4 is 5.32 Å². The van der Waals surface area contributed by atoms with Gasteiger partial charge in [-0.15, -0.1) is 0 Å². The van der Waals surface area contributed by atoms with Gasteiger partial charge in [-0.2, -0.15) is 0 Å². The molecule has 2 atom stereocenters. The molecule has 0 spiro atoms. The number of phenols is 1. The Labute approximate surface area is 115 Å². The molecule has 1 fully saturated rings. The molecule has 0 saturated carbocycles. The zero-order valence-electron chi connectivity index (χ0n) is 9.74. The Hall–Kier alpha value is -0.970. The lowest BCUT2D eigenvalue weighted by atomic mass is 9.88. The molecule has 1 aliphatic rings. The summed E-state index contributed by atoms with van der Waals surface area (Å²) in [5, 5.41) is 13.7. The average Bonchev–Trinajstić information content (AvgIpc) is 2.81. The number of benzene rings is 1. The van der Waals surface area contributed by atoms with Crippen molar-refractivity contribution < 1.29 is 14.6 Å². The first-order valence-corrected chi connectivity index (χ1v) is 6.26. The summed E-state index contributed by atoms with van der Waals surface area (Å²) in [7, 11) is 1.35. The van der Waals surface area contributed by atoms with Crippen molar-refractivity contribution >= 4 is 29.2 Å². The fraction of sp³-hybridized carbons (Fsp3) is 0.417. The van der Waals surface area contributed by atoms with Gasteiger partial charge in [-0.1, -0.05) is 23.2 Å². The van der Waals surface area contributed by atoms with E-state index in [0.717, 1.165) is 0 Å². The van der Waals surface area contributed by atoms with Gasteiger partial charge >= 0.3 is 5.97 Å². The van der Waals surface area contributed by atoms with Crippen molar-refractivity contribution in [3.05, 3.63) is 27.7 Å². The second-order valence-corrected chi connectivity index (χ2v) is 5.03. The van der Waals surface area contributed by atoms with E-state index in [1.165, 1.54) is 13.2 Å². The van der Waals surface area contributed by atoms with Crippen molar-refractivity contribution in [2.45, 2.75) is 5.92 Å². The number of aromatic hydroxyl groups is 1. The van der Waals surface area contributed by atoms with Gasteiger partial charge in [-0.25, -0.2) is 0 Å². The third-order valence-corrected chi connectivity index (χ3v) is 3.91. The molecule has 4 nitrogen and oxygen atoms in total. The van der Waals surface area contributed by atoms with E-state index in [4.69, 9.17) is 27.9 Å². The molecule has 2 unspecified atom stereocenters. The van der Waals surface area contributed by atoms with E-state index in [2.05, 4.69) is 5.32 Å². The molecule has 1 aliphatic heterocycles. The maximum atomic E-state index is 11.7. The number of methoxy groups -OCH3 is 1. The second kappa shape index (κ2) is 5.34. The molecule has 6 heteroatoms. The molecule has 0 amide bonds. The van der Waals surface area contributed by atoms with Crippen LogP contribution in [0.3, 0.4) is 0 Å². The summed E-state index contributed by atoms with van der Waals surface area (Å²) in [6, 6.07) is 3.00. The van der Waals surface area contributed by atoms with Crippen LogP contribution in [0.25, 0.3) is 0 Å². The third kappa shape index (κ3) is 2.41. The number of hydrogen-bond donors (Lipinski definition) is 2. The summed E-state index contributed by atoms with van der Waals surface area (Å²) in [5.74, 6) is -0.729. The molecular weight excluding hydrogens is 277 g/mol. The Morgan fingerprint density at radius 1 is 1.39 bits per heavy atom. The van der Waals surface area contributed by atoms with Crippen LogP contribution in [0, 0.1) is 5.92 Å². The third-order valence-electron chi connectivity index (χ3n) is 3.19. The number of rotatable bonds is 2. The van der Waals surface area contributed by atoms with Crippen LogP contribution in [-0.4, -0.2) is 31.3 Å². The molecule has 0 bridgehead atoms. The maximum absolute atomic E-state index is 11.7. The van der Waals surface area contributed by atoms with Gasteiger partial charge in [0.25, 0.3) is 0 Å². The van der Waals surface area contributed by atoms with Crippen molar-refractivity contribution in [3.63, 3.8) is 0 Å². The van der Waals surface area contributed by atoms with Gasteiger partial charge in [-0.05, 0) is 6.07 Å². The van der Waals surface area contributed by atoms with Crippen LogP contribution in [0.1, 0.15) is 11.5 Å². The smallest absolute Gasteiger partial charge is 0.310 e. The van der Waals surface area contributed by atoms with Gasteiger partial charge in [0.1, 0.15) is 5.75 Å². The van der Waals surface area contributed by atoms with Crippen LogP contribution in [0.2, 0.25) is 10.0 Å². The fourth-order valence-electron chi connectivity index (χ4n) is 2.25. The van der Waals surface area contributed by atoms with E-state index in [1.54, 1.807) is 6.07 Å². The molecule has 18 heavy (non-hydrogen) atoms. The Morgan fingerprint density at radius 2 is 2.06 bits per heavy atom. The SMILES string of the molecule is COC(=O)C1CNCC1c1cc(Cl)c(Cl)cc1O. The van der Waals surface area contributed by atoms with Crippen LogP contribution in [0.15, 0.2) is 12.1 Å². The summed E-state index contributed by atoms with van der Waals surface area (Å²) < 4.78 is 4.76. The van der Waals surface area contributed by atoms with E-state index in [1.807, 2.05) is 0 Å². The summed E-state index contributed by atoms with van der Waals surface area (Å²) in [6.45, 7) is 1.11. The average molecular weight is 290 g/mol. The lowest BCUT2D eigenvalue weighted by molar-refractivity contribution is -0.145. The minimum atomic E-state index is -0.321. The number of carbonyl (C=O) groups is 1. The molecule has 0 aromatic heterocycles. The van der Waals surface area contributed by atoms with Gasteiger partial charge in [0.2, 0.25) is 0 Å². The number of carbonyl (C=O) groups excluding carboxylic acids is 1. The van der Waals surface area contributed by atoms with Gasteiger partial charge < -0.3 is 15.2 Å². The Morgan fingerprint density at radius 3 is 2.72 bits per heavy atom. The lowest BCUT2D eigenvalue weighted by Gasteiger charge is -2.18. The van der Waals surface area contributed by atoms with E-state index in [9.17, 15) is 9.90 Å². The van der Waals surface area contributed by atoms with E-state index >= 15 is 0 Å². The fourth-order valence-corrected chi connectivity index (χ4v) is 2.58. The Kier molecular flexibility index (Phi) is 4.00. The van der Waals surface area contributed by atoms with Crippen molar-refractivity contribution in [1.29, 1.82) is 0 Å². The predicted molar refractivity (Wildman–Crippen MR) is 69.2 cm³/mol. The zero-order valence-corrected chi connectivity index (χ0v) is 11.3. The molecule has 1 aromatic rings. The maximum Gasteiger partial charge on any atom is 0.310 e. The summed E-state index contributed by atoms with van der Waals surface area (Å²) in [4.78, 5) is 11.7. The van der Waals surface area contributed by atoms with E-state index in [-0.39, 0.29) is 23.6 Å². The molecule has 1 heterocycles. The van der Waals surface area contributed by atoms with Gasteiger partial charge in [0.05, 0.1) is 23.1 Å². The normalized spacial score (nSPS) is 23.1. The highest BCUT2D eigenvalue weighted by molar-refractivity contribution is 6.42. The number of nitrogens with one attached hydrogen (secondary N) is 1. The van der Waals surface area contributed by atoms with E-state index < -0.39 is 0 Å². The number of esters is 1. The molecule has 2 rings (SSSR count). The highest BCUT2D eigenvalue weighted by Crippen LogP contribution is 2.38. The van der Waals surface area contributed by atoms with Crippen LogP contribution in [0.4, 0.5) is 0 Å². The van der Waals surface area contributed by atoms with Gasteiger partial charge in [0.15, 0.2) is 0 Å². The Balaban J connectivity index is 2.36. The van der Waals surface area contributed by atoms with Crippen LogP contribution in [-0.2, 0) is 9.53 Å². The second-order valence-electron chi connectivity index (χ2n) is 4.22. The van der Waals surface area contributed by atoms with E-state index in [0.29, 0.717) is 28.7 Å². The molecule has 1 aromatic carbocycles. The summed E-state index contributed by atoms with van der Waals surface area (Å²) in [5.41, 5.74) is 0.616. The lowest BCUT2D eigenvalue weighted by Crippen LogP contribution is -2.23.